The Labute approximate surface area is 99.9 Å². The van der Waals surface area contributed by atoms with Crippen LogP contribution in [0.15, 0.2) is 0 Å². The molecule has 0 bridgehead atoms. The minimum atomic E-state index is -0.0734. The second-order valence-corrected chi connectivity index (χ2v) is 4.53. The summed E-state index contributed by atoms with van der Waals surface area (Å²) in [5, 5.41) is 3.57. The van der Waals surface area contributed by atoms with Crippen LogP contribution in [0.3, 0.4) is 0 Å². The van der Waals surface area contributed by atoms with Gasteiger partial charge in [0.2, 0.25) is 0 Å². The Hall–Kier alpha value is -0.120. The molecule has 1 aliphatic carbocycles. The monoisotopic (exact) mass is 229 g/mol. The van der Waals surface area contributed by atoms with Crippen LogP contribution in [0.4, 0.5) is 0 Å². The van der Waals surface area contributed by atoms with E-state index in [2.05, 4.69) is 12.2 Å². The largest absolute Gasteiger partial charge is 0.352 e. The van der Waals surface area contributed by atoms with Crippen LogP contribution in [0, 0.1) is 5.92 Å². The lowest BCUT2D eigenvalue weighted by Crippen LogP contribution is -2.37. The van der Waals surface area contributed by atoms with E-state index in [0.717, 1.165) is 12.5 Å². The van der Waals surface area contributed by atoms with Crippen LogP contribution < -0.4 is 5.32 Å². The minimum absolute atomic E-state index is 0.0734. The van der Waals surface area contributed by atoms with Crippen molar-refractivity contribution in [2.24, 2.45) is 5.92 Å². The summed E-state index contributed by atoms with van der Waals surface area (Å²) < 4.78 is 11.0. The molecular weight excluding hydrogens is 202 g/mol. The van der Waals surface area contributed by atoms with Crippen LogP contribution in [0.1, 0.15) is 46.5 Å². The van der Waals surface area contributed by atoms with Gasteiger partial charge in [0.25, 0.3) is 0 Å². The van der Waals surface area contributed by atoms with E-state index in [-0.39, 0.29) is 6.29 Å². The van der Waals surface area contributed by atoms with Gasteiger partial charge in [0.1, 0.15) is 0 Å². The fourth-order valence-corrected chi connectivity index (χ4v) is 2.43. The van der Waals surface area contributed by atoms with E-state index < -0.39 is 0 Å². The van der Waals surface area contributed by atoms with E-state index in [1.807, 2.05) is 13.8 Å². The first-order chi connectivity index (χ1) is 7.80. The van der Waals surface area contributed by atoms with Crippen molar-refractivity contribution in [1.29, 1.82) is 0 Å². The summed E-state index contributed by atoms with van der Waals surface area (Å²) in [6.07, 6.45) is 5.25. The van der Waals surface area contributed by atoms with Gasteiger partial charge in [-0.15, -0.1) is 0 Å². The summed E-state index contributed by atoms with van der Waals surface area (Å²) in [4.78, 5) is 0. The number of hydrogen-bond acceptors (Lipinski definition) is 3. The number of hydrogen-bond donors (Lipinski definition) is 1. The molecule has 3 heteroatoms. The number of rotatable bonds is 8. The zero-order valence-corrected chi connectivity index (χ0v) is 11.0. The molecule has 1 saturated carbocycles. The quantitative estimate of drug-likeness (QED) is 0.649. The molecule has 0 saturated heterocycles. The maximum atomic E-state index is 5.51. The van der Waals surface area contributed by atoms with Gasteiger partial charge < -0.3 is 14.8 Å². The van der Waals surface area contributed by atoms with Crippen molar-refractivity contribution in [1.82, 2.24) is 5.32 Å². The van der Waals surface area contributed by atoms with Gasteiger partial charge in [-0.25, -0.2) is 0 Å². The maximum absolute atomic E-state index is 5.51. The molecule has 3 nitrogen and oxygen atoms in total. The summed E-state index contributed by atoms with van der Waals surface area (Å²) in [5.41, 5.74) is 0. The van der Waals surface area contributed by atoms with Crippen LogP contribution in [0.5, 0.6) is 0 Å². The van der Waals surface area contributed by atoms with E-state index in [1.165, 1.54) is 25.7 Å². The van der Waals surface area contributed by atoms with Crippen LogP contribution in [0.25, 0.3) is 0 Å². The summed E-state index contributed by atoms with van der Waals surface area (Å²) >= 11 is 0. The zero-order chi connectivity index (χ0) is 11.8. The molecular formula is C13H27NO2. The fourth-order valence-electron chi connectivity index (χ4n) is 2.43. The van der Waals surface area contributed by atoms with Crippen molar-refractivity contribution in [3.05, 3.63) is 0 Å². The molecule has 1 fully saturated rings. The lowest BCUT2D eigenvalue weighted by atomic mass is 10.1. The zero-order valence-electron chi connectivity index (χ0n) is 11.0. The van der Waals surface area contributed by atoms with E-state index >= 15 is 0 Å². The van der Waals surface area contributed by atoms with Gasteiger partial charge in [0.15, 0.2) is 6.29 Å². The Bertz CT molecular complexity index is 169. The second kappa shape index (κ2) is 8.04. The van der Waals surface area contributed by atoms with Gasteiger partial charge in [0.05, 0.1) is 0 Å². The number of ether oxygens (including phenoxy) is 2. The average molecular weight is 229 g/mol. The third-order valence-electron chi connectivity index (χ3n) is 3.40. The first-order valence-corrected chi connectivity index (χ1v) is 6.76. The minimum Gasteiger partial charge on any atom is -0.352 e. The van der Waals surface area contributed by atoms with Crippen LogP contribution >= 0.6 is 0 Å². The van der Waals surface area contributed by atoms with E-state index in [4.69, 9.17) is 9.47 Å². The van der Waals surface area contributed by atoms with Crippen molar-refractivity contribution in [2.75, 3.05) is 19.8 Å². The molecule has 96 valence electrons. The van der Waals surface area contributed by atoms with Crippen molar-refractivity contribution >= 4 is 0 Å². The SMILES string of the molecule is CCOC(CNC1CCC(CC)C1)OCC. The molecule has 0 aliphatic heterocycles. The first kappa shape index (κ1) is 13.9. The Morgan fingerprint density at radius 3 is 2.31 bits per heavy atom. The highest BCUT2D eigenvalue weighted by molar-refractivity contribution is 4.80. The summed E-state index contributed by atoms with van der Waals surface area (Å²) in [5.74, 6) is 0.926. The molecule has 0 radical (unpaired) electrons. The van der Waals surface area contributed by atoms with Crippen LogP contribution in [0.2, 0.25) is 0 Å². The molecule has 0 heterocycles. The summed E-state index contributed by atoms with van der Waals surface area (Å²) in [7, 11) is 0. The maximum Gasteiger partial charge on any atom is 0.169 e. The average Bonchev–Trinajstić information content (AvgIpc) is 2.74. The number of nitrogens with one attached hydrogen (secondary N) is 1. The normalized spacial score (nSPS) is 25.5. The molecule has 0 amide bonds. The van der Waals surface area contributed by atoms with Crippen molar-refractivity contribution < 1.29 is 9.47 Å². The molecule has 0 aromatic rings. The highest BCUT2D eigenvalue weighted by Crippen LogP contribution is 2.27. The standard InChI is InChI=1S/C13H27NO2/c1-4-11-7-8-12(9-11)14-10-13(15-5-2)16-6-3/h11-14H,4-10H2,1-3H3. The van der Waals surface area contributed by atoms with Crippen molar-refractivity contribution in [3.63, 3.8) is 0 Å². The third-order valence-corrected chi connectivity index (χ3v) is 3.40. The fraction of sp³-hybridized carbons (Fsp3) is 1.00. The van der Waals surface area contributed by atoms with Gasteiger partial charge in [-0.3, -0.25) is 0 Å². The topological polar surface area (TPSA) is 30.5 Å². The lowest BCUT2D eigenvalue weighted by Gasteiger charge is -2.20. The van der Waals surface area contributed by atoms with Crippen LogP contribution in [-0.2, 0) is 9.47 Å². The van der Waals surface area contributed by atoms with Gasteiger partial charge in [-0.05, 0) is 39.0 Å². The Morgan fingerprint density at radius 1 is 1.12 bits per heavy atom. The molecule has 1 rings (SSSR count). The Morgan fingerprint density at radius 2 is 1.81 bits per heavy atom. The molecule has 1 N–H and O–H groups in total. The highest BCUT2D eigenvalue weighted by Gasteiger charge is 2.23. The molecule has 2 atom stereocenters. The predicted octanol–water partition coefficient (Wildman–Crippen LogP) is 2.55. The van der Waals surface area contributed by atoms with Crippen molar-refractivity contribution in [3.8, 4) is 0 Å². The van der Waals surface area contributed by atoms with Gasteiger partial charge >= 0.3 is 0 Å². The molecule has 0 spiro atoms. The highest BCUT2D eigenvalue weighted by atomic mass is 16.7. The van der Waals surface area contributed by atoms with E-state index in [9.17, 15) is 0 Å². The molecule has 0 aromatic heterocycles. The van der Waals surface area contributed by atoms with Crippen molar-refractivity contribution in [2.45, 2.75) is 58.8 Å². The molecule has 0 aromatic carbocycles. The molecule has 2 unspecified atom stereocenters. The van der Waals surface area contributed by atoms with Crippen LogP contribution in [-0.4, -0.2) is 32.1 Å². The second-order valence-electron chi connectivity index (χ2n) is 4.53. The Kier molecular flexibility index (Phi) is 7.01. The predicted molar refractivity (Wildman–Crippen MR) is 66.5 cm³/mol. The van der Waals surface area contributed by atoms with Gasteiger partial charge in [0, 0.05) is 25.8 Å². The summed E-state index contributed by atoms with van der Waals surface area (Å²) in [6, 6.07) is 0.674. The Balaban J connectivity index is 2.16. The van der Waals surface area contributed by atoms with E-state index in [0.29, 0.717) is 19.3 Å². The van der Waals surface area contributed by atoms with Gasteiger partial charge in [-0.1, -0.05) is 13.3 Å². The molecule has 1 aliphatic rings. The van der Waals surface area contributed by atoms with E-state index in [1.54, 1.807) is 0 Å². The lowest BCUT2D eigenvalue weighted by molar-refractivity contribution is -0.133. The smallest absolute Gasteiger partial charge is 0.169 e. The first-order valence-electron chi connectivity index (χ1n) is 6.76. The summed E-state index contributed by atoms with van der Waals surface area (Å²) in [6.45, 7) is 8.56. The molecule has 16 heavy (non-hydrogen) atoms. The third kappa shape index (κ3) is 4.81. The van der Waals surface area contributed by atoms with Gasteiger partial charge in [-0.2, -0.15) is 0 Å².